The minimum atomic E-state index is 0.415. The second kappa shape index (κ2) is 7.65. The molecular weight excluding hydrogens is 248 g/mol. The molecule has 0 aliphatic carbocycles. The van der Waals surface area contributed by atoms with E-state index < -0.39 is 0 Å². The van der Waals surface area contributed by atoms with E-state index >= 15 is 0 Å². The molecule has 1 saturated heterocycles. The highest BCUT2D eigenvalue weighted by Crippen LogP contribution is 2.20. The van der Waals surface area contributed by atoms with Crippen molar-refractivity contribution in [3.8, 4) is 0 Å². The van der Waals surface area contributed by atoms with Gasteiger partial charge >= 0.3 is 0 Å². The largest absolute Gasteiger partial charge is 0.383 e. The van der Waals surface area contributed by atoms with Gasteiger partial charge in [-0.3, -0.25) is 0 Å². The zero-order valence-corrected chi connectivity index (χ0v) is 13.1. The number of hydrogen-bond donors (Lipinski definition) is 1. The Hall–Kier alpha value is -1.06. The number of nitrogens with one attached hydrogen (secondary N) is 1. The van der Waals surface area contributed by atoms with Gasteiger partial charge in [0.15, 0.2) is 0 Å². The molecule has 2 rings (SSSR count). The minimum absolute atomic E-state index is 0.415. The molecule has 1 fully saturated rings. The van der Waals surface area contributed by atoms with E-state index in [9.17, 15) is 0 Å². The number of anilines is 1. The maximum absolute atomic E-state index is 5.27. The maximum Gasteiger partial charge on any atom is 0.0618 e. The predicted molar refractivity (Wildman–Crippen MR) is 85.2 cm³/mol. The average molecular weight is 276 g/mol. The molecule has 3 heteroatoms. The summed E-state index contributed by atoms with van der Waals surface area (Å²) < 4.78 is 5.27. The van der Waals surface area contributed by atoms with Crippen LogP contribution in [-0.4, -0.2) is 32.8 Å². The van der Waals surface area contributed by atoms with Crippen LogP contribution in [0.15, 0.2) is 24.3 Å². The van der Waals surface area contributed by atoms with Crippen LogP contribution >= 0.6 is 0 Å². The summed E-state index contributed by atoms with van der Waals surface area (Å²) in [4.78, 5) is 2.47. The Morgan fingerprint density at radius 1 is 1.15 bits per heavy atom. The molecule has 0 radical (unpaired) electrons. The van der Waals surface area contributed by atoms with Crippen LogP contribution in [0.25, 0.3) is 0 Å². The van der Waals surface area contributed by atoms with Gasteiger partial charge in [0, 0.05) is 38.5 Å². The van der Waals surface area contributed by atoms with Crippen LogP contribution in [0.3, 0.4) is 0 Å². The monoisotopic (exact) mass is 276 g/mol. The highest BCUT2D eigenvalue weighted by atomic mass is 16.5. The van der Waals surface area contributed by atoms with Crippen LogP contribution < -0.4 is 10.2 Å². The van der Waals surface area contributed by atoms with E-state index in [1.807, 2.05) is 0 Å². The highest BCUT2D eigenvalue weighted by Gasteiger charge is 2.13. The molecule has 112 valence electrons. The first-order valence-electron chi connectivity index (χ1n) is 7.77. The molecule has 1 atom stereocenters. The molecule has 1 heterocycles. The van der Waals surface area contributed by atoms with Crippen molar-refractivity contribution in [1.82, 2.24) is 5.32 Å². The molecule has 0 amide bonds. The van der Waals surface area contributed by atoms with Crippen LogP contribution in [0, 0.1) is 5.92 Å². The molecule has 1 N–H and O–H groups in total. The lowest BCUT2D eigenvalue weighted by Gasteiger charge is -2.22. The smallest absolute Gasteiger partial charge is 0.0618 e. The molecule has 1 unspecified atom stereocenters. The van der Waals surface area contributed by atoms with Gasteiger partial charge in [-0.05, 0) is 36.5 Å². The van der Waals surface area contributed by atoms with E-state index in [4.69, 9.17) is 4.74 Å². The third-order valence-electron chi connectivity index (χ3n) is 4.13. The fourth-order valence-corrected chi connectivity index (χ4v) is 2.72. The van der Waals surface area contributed by atoms with Crippen LogP contribution in [0.4, 0.5) is 5.69 Å². The standard InChI is InChI=1S/C17H28N2O/c1-14(2)17(13-20-3)18-12-15-6-8-16(9-7-15)19-10-4-5-11-19/h6-9,14,17-18H,4-5,10-13H2,1-3H3. The number of rotatable bonds is 7. The van der Waals surface area contributed by atoms with Crippen molar-refractivity contribution in [3.05, 3.63) is 29.8 Å². The SMILES string of the molecule is COCC(NCc1ccc(N2CCCC2)cc1)C(C)C. The van der Waals surface area contributed by atoms with Crippen molar-refractivity contribution in [1.29, 1.82) is 0 Å². The zero-order chi connectivity index (χ0) is 14.4. The Balaban J connectivity index is 1.86. The molecule has 20 heavy (non-hydrogen) atoms. The second-order valence-corrected chi connectivity index (χ2v) is 6.05. The minimum Gasteiger partial charge on any atom is -0.383 e. The highest BCUT2D eigenvalue weighted by molar-refractivity contribution is 5.48. The summed E-state index contributed by atoms with van der Waals surface area (Å²) in [5.41, 5.74) is 2.71. The lowest BCUT2D eigenvalue weighted by atomic mass is 10.0. The van der Waals surface area contributed by atoms with Gasteiger partial charge in [0.25, 0.3) is 0 Å². The summed E-state index contributed by atoms with van der Waals surface area (Å²) in [6, 6.07) is 9.40. The Kier molecular flexibility index (Phi) is 5.86. The number of methoxy groups -OCH3 is 1. The molecule has 0 aromatic heterocycles. The van der Waals surface area contributed by atoms with E-state index in [0.29, 0.717) is 12.0 Å². The fraction of sp³-hybridized carbons (Fsp3) is 0.647. The van der Waals surface area contributed by atoms with Crippen molar-refractivity contribution in [2.45, 2.75) is 39.3 Å². The Morgan fingerprint density at radius 2 is 1.80 bits per heavy atom. The maximum atomic E-state index is 5.27. The van der Waals surface area contributed by atoms with Gasteiger partial charge in [-0.15, -0.1) is 0 Å². The third kappa shape index (κ3) is 4.22. The number of benzene rings is 1. The summed E-state index contributed by atoms with van der Waals surface area (Å²) >= 11 is 0. The summed E-state index contributed by atoms with van der Waals surface area (Å²) in [7, 11) is 1.77. The van der Waals surface area contributed by atoms with E-state index in [1.54, 1.807) is 7.11 Å². The Morgan fingerprint density at radius 3 is 2.35 bits per heavy atom. The molecule has 1 aliphatic rings. The van der Waals surface area contributed by atoms with Crippen LogP contribution in [-0.2, 0) is 11.3 Å². The summed E-state index contributed by atoms with van der Waals surface area (Å²) in [5.74, 6) is 0.582. The van der Waals surface area contributed by atoms with Crippen molar-refractivity contribution in [2.24, 2.45) is 5.92 Å². The molecule has 1 aromatic carbocycles. The van der Waals surface area contributed by atoms with E-state index in [2.05, 4.69) is 48.3 Å². The predicted octanol–water partition coefficient (Wildman–Crippen LogP) is 3.05. The molecule has 1 aliphatic heterocycles. The third-order valence-corrected chi connectivity index (χ3v) is 4.13. The van der Waals surface area contributed by atoms with Crippen LogP contribution in [0.1, 0.15) is 32.3 Å². The lowest BCUT2D eigenvalue weighted by Crippen LogP contribution is -2.37. The molecular formula is C17H28N2O. The molecule has 0 bridgehead atoms. The number of nitrogens with zero attached hydrogens (tertiary/aromatic N) is 1. The van der Waals surface area contributed by atoms with Crippen LogP contribution in [0.2, 0.25) is 0 Å². The zero-order valence-electron chi connectivity index (χ0n) is 13.1. The summed E-state index contributed by atoms with van der Waals surface area (Å²) in [6.07, 6.45) is 2.66. The fourth-order valence-electron chi connectivity index (χ4n) is 2.72. The van der Waals surface area contributed by atoms with Crippen LogP contribution in [0.5, 0.6) is 0 Å². The van der Waals surface area contributed by atoms with Gasteiger partial charge in [-0.2, -0.15) is 0 Å². The molecule has 3 nitrogen and oxygen atoms in total. The van der Waals surface area contributed by atoms with E-state index in [1.165, 1.54) is 37.2 Å². The number of hydrogen-bond acceptors (Lipinski definition) is 3. The first-order valence-corrected chi connectivity index (χ1v) is 7.77. The average Bonchev–Trinajstić information content (AvgIpc) is 2.98. The normalized spacial score (nSPS) is 16.9. The number of ether oxygens (including phenoxy) is 1. The first-order chi connectivity index (χ1) is 9.70. The van der Waals surface area contributed by atoms with Gasteiger partial charge in [0.05, 0.1) is 6.61 Å². The quantitative estimate of drug-likeness (QED) is 0.828. The van der Waals surface area contributed by atoms with Gasteiger partial charge in [0.2, 0.25) is 0 Å². The lowest BCUT2D eigenvalue weighted by molar-refractivity contribution is 0.146. The van der Waals surface area contributed by atoms with Crippen molar-refractivity contribution < 1.29 is 4.74 Å². The van der Waals surface area contributed by atoms with Gasteiger partial charge < -0.3 is 15.0 Å². The molecule has 0 saturated carbocycles. The first kappa shape index (κ1) is 15.3. The molecule has 0 spiro atoms. The second-order valence-electron chi connectivity index (χ2n) is 6.05. The van der Waals surface area contributed by atoms with Crippen molar-refractivity contribution >= 4 is 5.69 Å². The van der Waals surface area contributed by atoms with Gasteiger partial charge in [-0.25, -0.2) is 0 Å². The summed E-state index contributed by atoms with van der Waals surface area (Å²) in [5, 5.41) is 3.59. The van der Waals surface area contributed by atoms with Gasteiger partial charge in [0.1, 0.15) is 0 Å². The van der Waals surface area contributed by atoms with Crippen molar-refractivity contribution in [2.75, 3.05) is 31.7 Å². The Bertz CT molecular complexity index is 382. The Labute approximate surface area is 123 Å². The van der Waals surface area contributed by atoms with Crippen molar-refractivity contribution in [3.63, 3.8) is 0 Å². The summed E-state index contributed by atoms with van der Waals surface area (Å²) in [6.45, 7) is 8.55. The molecule has 1 aromatic rings. The van der Waals surface area contributed by atoms with E-state index in [0.717, 1.165) is 13.2 Å². The van der Waals surface area contributed by atoms with E-state index in [-0.39, 0.29) is 0 Å². The van der Waals surface area contributed by atoms with Gasteiger partial charge in [-0.1, -0.05) is 26.0 Å². The topological polar surface area (TPSA) is 24.5 Å².